The number of nitrogens with zero attached hydrogens (tertiary/aromatic N) is 3. The summed E-state index contributed by atoms with van der Waals surface area (Å²) in [7, 11) is 1.66. The van der Waals surface area contributed by atoms with E-state index in [-0.39, 0.29) is 18.1 Å². The molecule has 3 fully saturated rings. The molecule has 1 aromatic heterocycles. The first-order chi connectivity index (χ1) is 12.1. The van der Waals surface area contributed by atoms with E-state index in [9.17, 15) is 9.90 Å². The standard InChI is InChI=1S/C18H28N4O3/c1-25-18(2-4-19-5-3-18)17(24)22-10-13-8-15(21-7-6-20-12-21)16(23)9-14(13)11-22/h6-7,12-16,19,23H,2-5,8-11H2,1H3/t13-,14+,15-,16-/m1/s1. The predicted molar refractivity (Wildman–Crippen MR) is 91.9 cm³/mol. The number of methoxy groups -OCH3 is 1. The lowest BCUT2D eigenvalue weighted by molar-refractivity contribution is -0.157. The van der Waals surface area contributed by atoms with E-state index in [1.807, 2.05) is 15.7 Å². The second kappa shape index (κ2) is 6.70. The zero-order chi connectivity index (χ0) is 17.4. The first kappa shape index (κ1) is 17.0. The Bertz CT molecular complexity index is 599. The molecule has 0 bridgehead atoms. The normalized spacial score (nSPS) is 34.7. The van der Waals surface area contributed by atoms with Gasteiger partial charge in [0.1, 0.15) is 5.60 Å². The Morgan fingerprint density at radius 3 is 2.64 bits per heavy atom. The summed E-state index contributed by atoms with van der Waals surface area (Å²) in [6.45, 7) is 3.17. The number of aliphatic hydroxyl groups is 1. The summed E-state index contributed by atoms with van der Waals surface area (Å²) in [6, 6.07) is 0.0640. The molecule has 1 aliphatic carbocycles. The highest BCUT2D eigenvalue weighted by atomic mass is 16.5. The van der Waals surface area contributed by atoms with Crippen molar-refractivity contribution in [1.29, 1.82) is 0 Å². The second-order valence-corrected chi connectivity index (χ2v) is 7.79. The Kier molecular flexibility index (Phi) is 4.56. The largest absolute Gasteiger partial charge is 0.391 e. The second-order valence-electron chi connectivity index (χ2n) is 7.79. The molecule has 138 valence electrons. The number of aromatic nitrogens is 2. The smallest absolute Gasteiger partial charge is 0.254 e. The number of hydrogen-bond acceptors (Lipinski definition) is 5. The van der Waals surface area contributed by atoms with Crippen molar-refractivity contribution in [2.75, 3.05) is 33.3 Å². The maximum atomic E-state index is 13.2. The molecule has 1 amide bonds. The fourth-order valence-electron chi connectivity index (χ4n) is 4.98. The maximum Gasteiger partial charge on any atom is 0.254 e. The molecule has 3 aliphatic rings. The van der Waals surface area contributed by atoms with Gasteiger partial charge in [0.15, 0.2) is 0 Å². The molecule has 2 aliphatic heterocycles. The SMILES string of the molecule is COC1(C(=O)N2C[C@H]3C[C@@H](n4ccnc4)[C@H](O)C[C@H]3C2)CCNCC1. The number of aliphatic hydroxyl groups excluding tert-OH is 1. The van der Waals surface area contributed by atoms with E-state index in [1.165, 1.54) is 0 Å². The average molecular weight is 348 g/mol. The zero-order valence-electron chi connectivity index (χ0n) is 14.8. The van der Waals surface area contributed by atoms with Gasteiger partial charge in [0, 0.05) is 32.6 Å². The zero-order valence-corrected chi connectivity index (χ0v) is 14.8. The molecule has 7 heteroatoms. The van der Waals surface area contributed by atoms with Crippen LogP contribution in [0.15, 0.2) is 18.7 Å². The van der Waals surface area contributed by atoms with Gasteiger partial charge in [-0.25, -0.2) is 4.98 Å². The van der Waals surface area contributed by atoms with Crippen molar-refractivity contribution in [3.05, 3.63) is 18.7 Å². The summed E-state index contributed by atoms with van der Waals surface area (Å²) in [5.74, 6) is 0.962. The van der Waals surface area contributed by atoms with Crippen LogP contribution < -0.4 is 5.32 Å². The van der Waals surface area contributed by atoms with Crippen LogP contribution in [0.4, 0.5) is 0 Å². The van der Waals surface area contributed by atoms with Gasteiger partial charge in [-0.15, -0.1) is 0 Å². The molecule has 0 aromatic carbocycles. The third kappa shape index (κ3) is 2.98. The summed E-state index contributed by atoms with van der Waals surface area (Å²) >= 11 is 0. The van der Waals surface area contributed by atoms with E-state index in [0.717, 1.165) is 51.9 Å². The van der Waals surface area contributed by atoms with E-state index in [0.29, 0.717) is 11.8 Å². The van der Waals surface area contributed by atoms with Gasteiger partial charge in [-0.3, -0.25) is 4.79 Å². The van der Waals surface area contributed by atoms with E-state index >= 15 is 0 Å². The third-order valence-electron chi connectivity index (χ3n) is 6.50. The van der Waals surface area contributed by atoms with Crippen LogP contribution in [-0.4, -0.2) is 70.5 Å². The molecular weight excluding hydrogens is 320 g/mol. The Balaban J connectivity index is 1.46. The van der Waals surface area contributed by atoms with Crippen LogP contribution >= 0.6 is 0 Å². The van der Waals surface area contributed by atoms with Crippen LogP contribution in [0, 0.1) is 11.8 Å². The van der Waals surface area contributed by atoms with Gasteiger partial charge in [0.25, 0.3) is 5.91 Å². The predicted octanol–water partition coefficient (Wildman–Crippen LogP) is 0.422. The summed E-state index contributed by atoms with van der Waals surface area (Å²) in [5, 5.41) is 13.9. The Morgan fingerprint density at radius 1 is 1.28 bits per heavy atom. The lowest BCUT2D eigenvalue weighted by Gasteiger charge is -2.37. The molecule has 0 unspecified atom stereocenters. The molecule has 1 aromatic rings. The quantitative estimate of drug-likeness (QED) is 0.828. The van der Waals surface area contributed by atoms with Crippen molar-refractivity contribution in [2.45, 2.75) is 43.4 Å². The molecule has 3 heterocycles. The van der Waals surface area contributed by atoms with Crippen molar-refractivity contribution >= 4 is 5.91 Å². The molecule has 25 heavy (non-hydrogen) atoms. The van der Waals surface area contributed by atoms with Crippen LogP contribution in [0.2, 0.25) is 0 Å². The number of carbonyl (C=O) groups is 1. The summed E-state index contributed by atoms with van der Waals surface area (Å²) < 4.78 is 7.72. The highest BCUT2D eigenvalue weighted by molar-refractivity contribution is 5.85. The van der Waals surface area contributed by atoms with E-state index in [4.69, 9.17) is 4.74 Å². The van der Waals surface area contributed by atoms with Crippen molar-refractivity contribution in [2.24, 2.45) is 11.8 Å². The van der Waals surface area contributed by atoms with E-state index < -0.39 is 5.60 Å². The Morgan fingerprint density at radius 2 is 2.00 bits per heavy atom. The van der Waals surface area contributed by atoms with Gasteiger partial charge in [-0.05, 0) is 50.6 Å². The summed E-state index contributed by atoms with van der Waals surface area (Å²) in [5.41, 5.74) is -0.666. The van der Waals surface area contributed by atoms with Gasteiger partial charge < -0.3 is 24.6 Å². The number of nitrogens with one attached hydrogen (secondary N) is 1. The highest BCUT2D eigenvalue weighted by Crippen LogP contribution is 2.42. The first-order valence-corrected chi connectivity index (χ1v) is 9.34. The highest BCUT2D eigenvalue weighted by Gasteiger charge is 2.48. The molecule has 0 spiro atoms. The lowest BCUT2D eigenvalue weighted by Crippen LogP contribution is -2.55. The number of imidazole rings is 1. The van der Waals surface area contributed by atoms with Gasteiger partial charge in [0.05, 0.1) is 18.5 Å². The molecule has 2 N–H and O–H groups in total. The molecule has 2 saturated heterocycles. The summed E-state index contributed by atoms with van der Waals surface area (Å²) in [4.78, 5) is 19.3. The van der Waals surface area contributed by atoms with Crippen molar-refractivity contribution < 1.29 is 14.6 Å². The van der Waals surface area contributed by atoms with Crippen molar-refractivity contribution in [1.82, 2.24) is 19.8 Å². The number of fused-ring (bicyclic) bond motifs is 1. The minimum absolute atomic E-state index is 0.0640. The number of carbonyl (C=O) groups excluding carboxylic acids is 1. The molecule has 4 rings (SSSR count). The maximum absolute atomic E-state index is 13.2. The van der Waals surface area contributed by atoms with Gasteiger partial charge in [-0.2, -0.15) is 0 Å². The van der Waals surface area contributed by atoms with Crippen molar-refractivity contribution in [3.63, 3.8) is 0 Å². The fourth-order valence-corrected chi connectivity index (χ4v) is 4.98. The number of hydrogen-bond donors (Lipinski definition) is 2. The van der Waals surface area contributed by atoms with Crippen LogP contribution in [-0.2, 0) is 9.53 Å². The minimum atomic E-state index is -0.666. The van der Waals surface area contributed by atoms with Gasteiger partial charge >= 0.3 is 0 Å². The molecule has 0 radical (unpaired) electrons. The van der Waals surface area contributed by atoms with E-state index in [1.54, 1.807) is 19.6 Å². The van der Waals surface area contributed by atoms with Crippen LogP contribution in [0.5, 0.6) is 0 Å². The topological polar surface area (TPSA) is 79.6 Å². The van der Waals surface area contributed by atoms with E-state index in [2.05, 4.69) is 10.3 Å². The number of amides is 1. The summed E-state index contributed by atoms with van der Waals surface area (Å²) in [6.07, 6.45) is 8.18. The first-order valence-electron chi connectivity index (χ1n) is 9.34. The monoisotopic (exact) mass is 348 g/mol. The molecule has 4 atom stereocenters. The van der Waals surface area contributed by atoms with Crippen LogP contribution in [0.1, 0.15) is 31.7 Å². The van der Waals surface area contributed by atoms with Crippen molar-refractivity contribution in [3.8, 4) is 0 Å². The number of likely N-dealkylation sites (tertiary alicyclic amines) is 1. The lowest BCUT2D eigenvalue weighted by atomic mass is 9.77. The number of rotatable bonds is 3. The fraction of sp³-hybridized carbons (Fsp3) is 0.778. The Labute approximate surface area is 148 Å². The molecular formula is C18H28N4O3. The van der Waals surface area contributed by atoms with Gasteiger partial charge in [0.2, 0.25) is 0 Å². The van der Waals surface area contributed by atoms with Gasteiger partial charge in [-0.1, -0.05) is 0 Å². The molecule has 1 saturated carbocycles. The number of piperidine rings is 1. The number of ether oxygens (including phenoxy) is 1. The third-order valence-corrected chi connectivity index (χ3v) is 6.50. The Hall–Kier alpha value is -1.44. The van der Waals surface area contributed by atoms with Crippen LogP contribution in [0.3, 0.4) is 0 Å². The average Bonchev–Trinajstić information content (AvgIpc) is 3.30. The minimum Gasteiger partial charge on any atom is -0.391 e. The molecule has 7 nitrogen and oxygen atoms in total. The van der Waals surface area contributed by atoms with Crippen LogP contribution in [0.25, 0.3) is 0 Å².